The van der Waals surface area contributed by atoms with Gasteiger partial charge in [-0.25, -0.2) is 0 Å². The van der Waals surface area contributed by atoms with Gasteiger partial charge in [0.15, 0.2) is 0 Å². The molecule has 22 heavy (non-hydrogen) atoms. The van der Waals surface area contributed by atoms with Crippen molar-refractivity contribution >= 4 is 29.9 Å². The largest absolute Gasteiger partial charge is 0.355 e. The third-order valence-electron chi connectivity index (χ3n) is 5.00. The highest BCUT2D eigenvalue weighted by molar-refractivity contribution is 6.30. The van der Waals surface area contributed by atoms with E-state index in [1.807, 2.05) is 12.1 Å². The van der Waals surface area contributed by atoms with Crippen molar-refractivity contribution < 1.29 is 4.79 Å². The lowest BCUT2D eigenvalue weighted by Gasteiger charge is -2.26. The van der Waals surface area contributed by atoms with Crippen LogP contribution in [-0.2, 0) is 10.2 Å². The molecule has 3 rings (SSSR count). The molecule has 0 saturated heterocycles. The Kier molecular flexibility index (Phi) is 5.76. The minimum atomic E-state index is 0. The first-order valence-corrected chi connectivity index (χ1v) is 8.26. The maximum Gasteiger partial charge on any atom is 0.223 e. The van der Waals surface area contributed by atoms with Crippen LogP contribution >= 0.6 is 24.0 Å². The Morgan fingerprint density at radius 2 is 1.95 bits per heavy atom. The number of benzene rings is 1. The van der Waals surface area contributed by atoms with Gasteiger partial charge < -0.3 is 11.1 Å². The smallest absolute Gasteiger partial charge is 0.223 e. The molecule has 2 aliphatic carbocycles. The van der Waals surface area contributed by atoms with E-state index in [9.17, 15) is 4.79 Å². The van der Waals surface area contributed by atoms with Crippen LogP contribution in [0, 0.1) is 5.92 Å². The van der Waals surface area contributed by atoms with Crippen molar-refractivity contribution in [3.05, 3.63) is 34.9 Å². The molecular formula is C17H24Cl2N2O. The zero-order chi connectivity index (χ0) is 14.9. The average Bonchev–Trinajstić information content (AvgIpc) is 3.27. The topological polar surface area (TPSA) is 55.1 Å². The zero-order valence-corrected chi connectivity index (χ0v) is 14.3. The van der Waals surface area contributed by atoms with E-state index < -0.39 is 0 Å². The van der Waals surface area contributed by atoms with Gasteiger partial charge in [0, 0.05) is 28.9 Å². The molecule has 0 bridgehead atoms. The fourth-order valence-corrected chi connectivity index (χ4v) is 3.51. The fraction of sp³-hybridized carbons (Fsp3) is 0.588. The molecule has 122 valence electrons. The molecule has 2 atom stereocenters. The van der Waals surface area contributed by atoms with Crippen LogP contribution < -0.4 is 11.1 Å². The van der Waals surface area contributed by atoms with Gasteiger partial charge in [0.05, 0.1) is 0 Å². The first kappa shape index (κ1) is 17.6. The molecule has 1 aromatic rings. The molecule has 0 aromatic heterocycles. The summed E-state index contributed by atoms with van der Waals surface area (Å²) in [7, 11) is 0. The summed E-state index contributed by atoms with van der Waals surface area (Å²) in [6.07, 6.45) is 6.21. The summed E-state index contributed by atoms with van der Waals surface area (Å²) in [5.41, 5.74) is 7.39. The maximum absolute atomic E-state index is 12.3. The van der Waals surface area contributed by atoms with Crippen LogP contribution in [0.2, 0.25) is 5.02 Å². The van der Waals surface area contributed by atoms with Crippen molar-refractivity contribution in [1.82, 2.24) is 5.32 Å². The summed E-state index contributed by atoms with van der Waals surface area (Å²) in [6, 6.07) is 8.22. The zero-order valence-electron chi connectivity index (χ0n) is 12.7. The van der Waals surface area contributed by atoms with Gasteiger partial charge in [-0.05, 0) is 49.8 Å². The molecule has 0 heterocycles. The van der Waals surface area contributed by atoms with Crippen LogP contribution in [0.4, 0.5) is 0 Å². The van der Waals surface area contributed by atoms with Crippen molar-refractivity contribution in [2.24, 2.45) is 11.7 Å². The molecule has 5 heteroatoms. The molecule has 3 nitrogen and oxygen atoms in total. The SMILES string of the molecule is Cl.NC1CCCC(C(=O)NCC2(c3ccc(Cl)cc3)CC2)C1. The minimum absolute atomic E-state index is 0. The summed E-state index contributed by atoms with van der Waals surface area (Å²) < 4.78 is 0. The predicted molar refractivity (Wildman–Crippen MR) is 92.6 cm³/mol. The van der Waals surface area contributed by atoms with E-state index in [2.05, 4.69) is 17.4 Å². The Balaban J connectivity index is 0.00000176. The van der Waals surface area contributed by atoms with Crippen molar-refractivity contribution in [2.45, 2.75) is 50.0 Å². The van der Waals surface area contributed by atoms with E-state index in [1.54, 1.807) is 0 Å². The predicted octanol–water partition coefficient (Wildman–Crippen LogP) is 3.43. The highest BCUT2D eigenvalue weighted by Crippen LogP contribution is 2.47. The van der Waals surface area contributed by atoms with Crippen molar-refractivity contribution in [2.75, 3.05) is 6.54 Å². The van der Waals surface area contributed by atoms with Gasteiger partial charge in [0.25, 0.3) is 0 Å². The number of nitrogens with two attached hydrogens (primary N) is 1. The van der Waals surface area contributed by atoms with Gasteiger partial charge in [0.1, 0.15) is 0 Å². The second kappa shape index (κ2) is 7.20. The highest BCUT2D eigenvalue weighted by Gasteiger charge is 2.44. The second-order valence-corrected chi connectivity index (χ2v) is 7.07. The number of carbonyl (C=O) groups excluding carboxylic acids is 1. The molecule has 0 aliphatic heterocycles. The second-order valence-electron chi connectivity index (χ2n) is 6.63. The molecule has 1 amide bonds. The molecule has 1 aromatic carbocycles. The normalized spacial score (nSPS) is 25.9. The van der Waals surface area contributed by atoms with E-state index in [0.717, 1.165) is 50.1 Å². The first-order valence-electron chi connectivity index (χ1n) is 7.88. The standard InChI is InChI=1S/C17H23ClN2O.ClH/c18-14-6-4-13(5-7-14)17(8-9-17)11-20-16(21)12-2-1-3-15(19)10-12;/h4-7,12,15H,1-3,8-11,19H2,(H,20,21);1H. The van der Waals surface area contributed by atoms with Crippen LogP contribution in [0.3, 0.4) is 0 Å². The van der Waals surface area contributed by atoms with Gasteiger partial charge in [0.2, 0.25) is 5.91 Å². The molecular weight excluding hydrogens is 319 g/mol. The third kappa shape index (κ3) is 3.95. The Labute approximate surface area is 143 Å². The van der Waals surface area contributed by atoms with Crippen LogP contribution in [0.25, 0.3) is 0 Å². The number of hydrogen-bond acceptors (Lipinski definition) is 2. The molecule has 2 saturated carbocycles. The van der Waals surface area contributed by atoms with Crippen LogP contribution in [0.5, 0.6) is 0 Å². The number of amides is 1. The van der Waals surface area contributed by atoms with E-state index >= 15 is 0 Å². The molecule has 2 aliphatic rings. The number of hydrogen-bond donors (Lipinski definition) is 2. The Bertz CT molecular complexity index is 514. The van der Waals surface area contributed by atoms with Gasteiger partial charge in [-0.3, -0.25) is 4.79 Å². The Morgan fingerprint density at radius 1 is 1.27 bits per heavy atom. The molecule has 2 unspecified atom stereocenters. The summed E-state index contributed by atoms with van der Waals surface area (Å²) in [6.45, 7) is 0.735. The Morgan fingerprint density at radius 3 is 2.55 bits per heavy atom. The lowest BCUT2D eigenvalue weighted by atomic mass is 9.85. The molecule has 2 fully saturated rings. The van der Waals surface area contributed by atoms with E-state index in [-0.39, 0.29) is 35.7 Å². The van der Waals surface area contributed by atoms with Gasteiger partial charge in [-0.2, -0.15) is 0 Å². The summed E-state index contributed by atoms with van der Waals surface area (Å²) in [5.74, 6) is 0.292. The number of nitrogens with one attached hydrogen (secondary N) is 1. The highest BCUT2D eigenvalue weighted by atomic mass is 35.5. The van der Waals surface area contributed by atoms with Crippen molar-refractivity contribution in [3.63, 3.8) is 0 Å². The third-order valence-corrected chi connectivity index (χ3v) is 5.25. The number of halogens is 2. The minimum Gasteiger partial charge on any atom is -0.355 e. The molecule has 0 spiro atoms. The van der Waals surface area contributed by atoms with Gasteiger partial charge in [-0.1, -0.05) is 30.2 Å². The van der Waals surface area contributed by atoms with Crippen LogP contribution in [0.15, 0.2) is 24.3 Å². The summed E-state index contributed by atoms with van der Waals surface area (Å²) >= 11 is 5.94. The maximum atomic E-state index is 12.3. The first-order chi connectivity index (χ1) is 10.1. The van der Waals surface area contributed by atoms with Crippen molar-refractivity contribution in [1.29, 1.82) is 0 Å². The lowest BCUT2D eigenvalue weighted by Crippen LogP contribution is -2.40. The van der Waals surface area contributed by atoms with E-state index in [0.29, 0.717) is 0 Å². The number of rotatable bonds is 4. The lowest BCUT2D eigenvalue weighted by molar-refractivity contribution is -0.126. The van der Waals surface area contributed by atoms with Crippen LogP contribution in [-0.4, -0.2) is 18.5 Å². The average molecular weight is 343 g/mol. The fourth-order valence-electron chi connectivity index (χ4n) is 3.39. The molecule has 0 radical (unpaired) electrons. The number of carbonyl (C=O) groups is 1. The quantitative estimate of drug-likeness (QED) is 0.880. The van der Waals surface area contributed by atoms with Crippen LogP contribution in [0.1, 0.15) is 44.1 Å². The van der Waals surface area contributed by atoms with Gasteiger partial charge >= 0.3 is 0 Å². The monoisotopic (exact) mass is 342 g/mol. The molecule has 3 N–H and O–H groups in total. The van der Waals surface area contributed by atoms with Crippen molar-refractivity contribution in [3.8, 4) is 0 Å². The van der Waals surface area contributed by atoms with E-state index in [4.69, 9.17) is 17.3 Å². The Hall–Kier alpha value is -0.770. The van der Waals surface area contributed by atoms with E-state index in [1.165, 1.54) is 5.56 Å². The summed E-state index contributed by atoms with van der Waals surface area (Å²) in [5, 5.41) is 3.92. The summed E-state index contributed by atoms with van der Waals surface area (Å²) in [4.78, 5) is 12.3. The van der Waals surface area contributed by atoms with Gasteiger partial charge in [-0.15, -0.1) is 12.4 Å².